The largest absolute Gasteiger partial charge is 0.329 e. The van der Waals surface area contributed by atoms with Gasteiger partial charge in [0.1, 0.15) is 0 Å². The van der Waals surface area contributed by atoms with E-state index in [9.17, 15) is 0 Å². The van der Waals surface area contributed by atoms with Gasteiger partial charge in [-0.3, -0.25) is 9.80 Å². The molecule has 0 amide bonds. The highest BCUT2D eigenvalue weighted by molar-refractivity contribution is 4.89. The first-order valence-electron chi connectivity index (χ1n) is 5.96. The summed E-state index contributed by atoms with van der Waals surface area (Å²) in [5.41, 5.74) is 5.53. The van der Waals surface area contributed by atoms with Gasteiger partial charge in [-0.2, -0.15) is 0 Å². The Hall–Kier alpha value is -0.120. The maximum atomic E-state index is 5.53. The number of hydrogen-bond acceptors (Lipinski definition) is 3. The number of piperidine rings is 1. The minimum absolute atomic E-state index is 0.809. The van der Waals surface area contributed by atoms with Crippen molar-refractivity contribution in [2.75, 3.05) is 39.3 Å². The average molecular weight is 197 g/mol. The highest BCUT2D eigenvalue weighted by Gasteiger charge is 2.32. The van der Waals surface area contributed by atoms with Crippen LogP contribution in [-0.2, 0) is 0 Å². The molecular weight excluding hydrogens is 174 g/mol. The molecule has 0 spiro atoms. The van der Waals surface area contributed by atoms with Crippen LogP contribution in [0, 0.1) is 5.92 Å². The SMILES string of the molecule is CC1CCN(C2CN(CCN)C2)CC1. The van der Waals surface area contributed by atoms with Crippen molar-refractivity contribution in [3.8, 4) is 0 Å². The van der Waals surface area contributed by atoms with Gasteiger partial charge in [0.2, 0.25) is 0 Å². The van der Waals surface area contributed by atoms with Gasteiger partial charge in [-0.15, -0.1) is 0 Å². The van der Waals surface area contributed by atoms with E-state index >= 15 is 0 Å². The first-order chi connectivity index (χ1) is 6.79. The van der Waals surface area contributed by atoms with Crippen molar-refractivity contribution in [3.63, 3.8) is 0 Å². The summed E-state index contributed by atoms with van der Waals surface area (Å²) in [5, 5.41) is 0. The zero-order chi connectivity index (χ0) is 9.97. The molecule has 3 heteroatoms. The van der Waals surface area contributed by atoms with Gasteiger partial charge in [0.15, 0.2) is 0 Å². The summed E-state index contributed by atoms with van der Waals surface area (Å²) in [6.45, 7) is 9.42. The lowest BCUT2D eigenvalue weighted by atomic mass is 9.96. The number of nitrogens with zero attached hydrogens (tertiary/aromatic N) is 2. The number of hydrogen-bond donors (Lipinski definition) is 1. The average Bonchev–Trinajstić information content (AvgIpc) is 2.13. The highest BCUT2D eigenvalue weighted by atomic mass is 15.3. The molecule has 0 unspecified atom stereocenters. The van der Waals surface area contributed by atoms with Crippen molar-refractivity contribution < 1.29 is 0 Å². The smallest absolute Gasteiger partial charge is 0.0350 e. The van der Waals surface area contributed by atoms with E-state index in [0.717, 1.165) is 25.0 Å². The lowest BCUT2D eigenvalue weighted by Crippen LogP contribution is -2.61. The Kier molecular flexibility index (Phi) is 3.42. The lowest BCUT2D eigenvalue weighted by Gasteiger charge is -2.47. The van der Waals surface area contributed by atoms with Gasteiger partial charge in [-0.25, -0.2) is 0 Å². The molecular formula is C11H23N3. The van der Waals surface area contributed by atoms with Crippen LogP contribution in [0.2, 0.25) is 0 Å². The topological polar surface area (TPSA) is 32.5 Å². The summed E-state index contributed by atoms with van der Waals surface area (Å²) >= 11 is 0. The second-order valence-electron chi connectivity index (χ2n) is 4.92. The van der Waals surface area contributed by atoms with Crippen LogP contribution in [0.3, 0.4) is 0 Å². The fourth-order valence-corrected chi connectivity index (χ4v) is 2.53. The van der Waals surface area contributed by atoms with Crippen LogP contribution in [0.25, 0.3) is 0 Å². The Balaban J connectivity index is 1.67. The second kappa shape index (κ2) is 4.60. The molecule has 3 nitrogen and oxygen atoms in total. The van der Waals surface area contributed by atoms with E-state index < -0.39 is 0 Å². The van der Waals surface area contributed by atoms with Crippen molar-refractivity contribution >= 4 is 0 Å². The Morgan fingerprint density at radius 1 is 1.21 bits per heavy atom. The fourth-order valence-electron chi connectivity index (χ4n) is 2.53. The van der Waals surface area contributed by atoms with E-state index in [0.29, 0.717) is 0 Å². The molecule has 0 saturated carbocycles. The minimum atomic E-state index is 0.809. The monoisotopic (exact) mass is 197 g/mol. The van der Waals surface area contributed by atoms with Gasteiger partial charge in [-0.05, 0) is 31.8 Å². The normalized spacial score (nSPS) is 27.9. The highest BCUT2D eigenvalue weighted by Crippen LogP contribution is 2.22. The molecule has 2 rings (SSSR count). The molecule has 0 bridgehead atoms. The van der Waals surface area contributed by atoms with Crippen LogP contribution in [-0.4, -0.2) is 55.1 Å². The van der Waals surface area contributed by atoms with E-state index in [1.807, 2.05) is 0 Å². The molecule has 2 fully saturated rings. The van der Waals surface area contributed by atoms with Crippen molar-refractivity contribution in [2.24, 2.45) is 11.7 Å². The number of nitrogens with two attached hydrogens (primary N) is 1. The van der Waals surface area contributed by atoms with Crippen LogP contribution >= 0.6 is 0 Å². The Morgan fingerprint density at radius 3 is 2.43 bits per heavy atom. The van der Waals surface area contributed by atoms with E-state index in [-0.39, 0.29) is 0 Å². The van der Waals surface area contributed by atoms with Crippen LogP contribution < -0.4 is 5.73 Å². The zero-order valence-electron chi connectivity index (χ0n) is 9.28. The number of rotatable bonds is 3. The molecule has 2 aliphatic heterocycles. The molecule has 14 heavy (non-hydrogen) atoms. The van der Waals surface area contributed by atoms with Crippen LogP contribution in [0.15, 0.2) is 0 Å². The van der Waals surface area contributed by atoms with Gasteiger partial charge in [0, 0.05) is 32.2 Å². The third kappa shape index (κ3) is 2.27. The summed E-state index contributed by atoms with van der Waals surface area (Å²) in [6, 6.07) is 0.842. The van der Waals surface area contributed by atoms with Crippen molar-refractivity contribution in [3.05, 3.63) is 0 Å². The molecule has 82 valence electrons. The maximum absolute atomic E-state index is 5.53. The minimum Gasteiger partial charge on any atom is -0.329 e. The predicted molar refractivity (Wildman–Crippen MR) is 59.3 cm³/mol. The standard InChI is InChI=1S/C11H23N3/c1-10-2-5-14(6-3-10)11-8-13(9-11)7-4-12/h10-11H,2-9,12H2,1H3. The molecule has 0 atom stereocenters. The molecule has 2 heterocycles. The lowest BCUT2D eigenvalue weighted by molar-refractivity contribution is 0.0180. The zero-order valence-corrected chi connectivity index (χ0v) is 9.28. The summed E-state index contributed by atoms with van der Waals surface area (Å²) in [7, 11) is 0. The Bertz CT molecular complexity index is 169. The predicted octanol–water partition coefficient (Wildman–Crippen LogP) is 0.361. The summed E-state index contributed by atoms with van der Waals surface area (Å²) in [5.74, 6) is 0.950. The first kappa shape index (κ1) is 10.4. The summed E-state index contributed by atoms with van der Waals surface area (Å²) < 4.78 is 0. The van der Waals surface area contributed by atoms with Gasteiger partial charge < -0.3 is 5.73 Å². The number of likely N-dealkylation sites (tertiary alicyclic amines) is 2. The van der Waals surface area contributed by atoms with Gasteiger partial charge in [0.05, 0.1) is 0 Å². The van der Waals surface area contributed by atoms with E-state index in [1.165, 1.54) is 39.0 Å². The molecule has 2 aliphatic rings. The molecule has 0 aromatic carbocycles. The van der Waals surface area contributed by atoms with Crippen LogP contribution in [0.4, 0.5) is 0 Å². The van der Waals surface area contributed by atoms with Crippen molar-refractivity contribution in [2.45, 2.75) is 25.8 Å². The van der Waals surface area contributed by atoms with Gasteiger partial charge in [-0.1, -0.05) is 6.92 Å². The van der Waals surface area contributed by atoms with Gasteiger partial charge >= 0.3 is 0 Å². The molecule has 0 aliphatic carbocycles. The van der Waals surface area contributed by atoms with E-state index in [1.54, 1.807) is 0 Å². The Morgan fingerprint density at radius 2 is 1.86 bits per heavy atom. The molecule has 0 radical (unpaired) electrons. The molecule has 0 aromatic heterocycles. The van der Waals surface area contributed by atoms with E-state index in [2.05, 4.69) is 16.7 Å². The third-order valence-electron chi connectivity index (χ3n) is 3.72. The molecule has 0 aromatic rings. The fraction of sp³-hybridized carbons (Fsp3) is 1.00. The van der Waals surface area contributed by atoms with E-state index in [4.69, 9.17) is 5.73 Å². The molecule has 2 N–H and O–H groups in total. The summed E-state index contributed by atoms with van der Waals surface area (Å²) in [4.78, 5) is 5.13. The van der Waals surface area contributed by atoms with Crippen molar-refractivity contribution in [1.82, 2.24) is 9.80 Å². The Labute approximate surface area is 87.2 Å². The second-order valence-corrected chi connectivity index (χ2v) is 4.92. The third-order valence-corrected chi connectivity index (χ3v) is 3.72. The van der Waals surface area contributed by atoms with Gasteiger partial charge in [0.25, 0.3) is 0 Å². The first-order valence-corrected chi connectivity index (χ1v) is 5.96. The molecule has 2 saturated heterocycles. The quantitative estimate of drug-likeness (QED) is 0.709. The van der Waals surface area contributed by atoms with Crippen LogP contribution in [0.5, 0.6) is 0 Å². The van der Waals surface area contributed by atoms with Crippen LogP contribution in [0.1, 0.15) is 19.8 Å². The van der Waals surface area contributed by atoms with Crippen molar-refractivity contribution in [1.29, 1.82) is 0 Å². The summed E-state index contributed by atoms with van der Waals surface area (Å²) in [6.07, 6.45) is 2.79. The maximum Gasteiger partial charge on any atom is 0.0350 e.